The second kappa shape index (κ2) is 7.70. The van der Waals surface area contributed by atoms with Crippen molar-refractivity contribution in [1.82, 2.24) is 9.38 Å². The minimum atomic E-state index is -3.16. The molecule has 0 spiro atoms. The topological polar surface area (TPSA) is 80.5 Å². The van der Waals surface area contributed by atoms with Gasteiger partial charge in [-0.05, 0) is 43.7 Å². The summed E-state index contributed by atoms with van der Waals surface area (Å²) in [5.41, 5.74) is 2.37. The van der Waals surface area contributed by atoms with Crippen LogP contribution in [-0.4, -0.2) is 23.1 Å². The van der Waals surface area contributed by atoms with Gasteiger partial charge < -0.3 is 5.32 Å². The average Bonchev–Trinajstić information content (AvgIpc) is 2.60. The second-order valence-electron chi connectivity index (χ2n) is 6.57. The van der Waals surface area contributed by atoms with Gasteiger partial charge in [0.1, 0.15) is 5.65 Å². The number of aromatic nitrogens is 2. The molecule has 6 nitrogen and oxygen atoms in total. The van der Waals surface area contributed by atoms with Crippen LogP contribution in [0.4, 0.5) is 5.69 Å². The maximum atomic E-state index is 12.2. The molecule has 0 aliphatic rings. The predicted octanol–water partition coefficient (Wildman–Crippen LogP) is 3.28. The predicted molar refractivity (Wildman–Crippen MR) is 108 cm³/mol. The molecule has 0 bridgehead atoms. The van der Waals surface area contributed by atoms with Crippen molar-refractivity contribution in [2.75, 3.05) is 5.32 Å². The molecule has 0 radical (unpaired) electrons. The van der Waals surface area contributed by atoms with Crippen molar-refractivity contribution in [3.05, 3.63) is 75.3 Å². The van der Waals surface area contributed by atoms with Crippen LogP contribution in [0.5, 0.6) is 0 Å². The van der Waals surface area contributed by atoms with E-state index in [4.69, 9.17) is 11.6 Å². The van der Waals surface area contributed by atoms with E-state index >= 15 is 0 Å². The standard InChI is InChI=1S/C19H20ClN3O3S/c1-13(2)27(25,26)12-14-4-3-5-16(8-14)21-10-17-9-19(24)23-11-15(20)6-7-18(23)22-17/h3-9,11,13,21H,10,12H2,1-2H3. The van der Waals surface area contributed by atoms with E-state index in [0.29, 0.717) is 22.9 Å². The zero-order valence-corrected chi connectivity index (χ0v) is 16.6. The lowest BCUT2D eigenvalue weighted by molar-refractivity contribution is 0.586. The summed E-state index contributed by atoms with van der Waals surface area (Å²) in [6.45, 7) is 3.69. The zero-order chi connectivity index (χ0) is 19.6. The number of benzene rings is 1. The summed E-state index contributed by atoms with van der Waals surface area (Å²) in [4.78, 5) is 16.7. The molecule has 1 aromatic carbocycles. The Labute approximate surface area is 162 Å². The summed E-state index contributed by atoms with van der Waals surface area (Å²) in [5, 5.41) is 3.23. The third kappa shape index (κ3) is 4.67. The van der Waals surface area contributed by atoms with Crippen molar-refractivity contribution < 1.29 is 8.42 Å². The third-order valence-electron chi connectivity index (χ3n) is 4.16. The lowest BCUT2D eigenvalue weighted by Gasteiger charge is -2.11. The Bertz CT molecular complexity index is 1140. The Morgan fingerprint density at radius 1 is 1.19 bits per heavy atom. The molecule has 0 atom stereocenters. The van der Waals surface area contributed by atoms with Crippen LogP contribution in [0.2, 0.25) is 5.02 Å². The molecule has 27 heavy (non-hydrogen) atoms. The van der Waals surface area contributed by atoms with E-state index in [-0.39, 0.29) is 11.3 Å². The first kappa shape index (κ1) is 19.4. The van der Waals surface area contributed by atoms with Gasteiger partial charge in [0.25, 0.3) is 5.56 Å². The molecule has 3 rings (SSSR count). The highest BCUT2D eigenvalue weighted by molar-refractivity contribution is 7.91. The van der Waals surface area contributed by atoms with Crippen LogP contribution >= 0.6 is 11.6 Å². The molecule has 0 saturated carbocycles. The molecule has 1 N–H and O–H groups in total. The van der Waals surface area contributed by atoms with Crippen LogP contribution in [0, 0.1) is 0 Å². The fourth-order valence-electron chi connectivity index (χ4n) is 2.58. The maximum absolute atomic E-state index is 12.2. The Morgan fingerprint density at radius 3 is 2.70 bits per heavy atom. The number of pyridine rings is 1. The first-order valence-electron chi connectivity index (χ1n) is 8.47. The number of anilines is 1. The van der Waals surface area contributed by atoms with Crippen LogP contribution < -0.4 is 10.9 Å². The fraction of sp³-hybridized carbons (Fsp3) is 0.263. The van der Waals surface area contributed by atoms with Crippen molar-refractivity contribution in [2.24, 2.45) is 0 Å². The Morgan fingerprint density at radius 2 is 1.96 bits per heavy atom. The summed E-state index contributed by atoms with van der Waals surface area (Å²) in [6.07, 6.45) is 1.53. The molecule has 0 saturated heterocycles. The van der Waals surface area contributed by atoms with Crippen LogP contribution in [-0.2, 0) is 22.1 Å². The molecule has 0 fully saturated rings. The largest absolute Gasteiger partial charge is 0.379 e. The van der Waals surface area contributed by atoms with Crippen molar-refractivity contribution in [2.45, 2.75) is 31.4 Å². The lowest BCUT2D eigenvalue weighted by atomic mass is 10.2. The van der Waals surface area contributed by atoms with Gasteiger partial charge >= 0.3 is 0 Å². The molecule has 8 heteroatoms. The summed E-state index contributed by atoms with van der Waals surface area (Å²) in [6, 6.07) is 12.0. The SMILES string of the molecule is CC(C)S(=O)(=O)Cc1cccc(NCc2cc(=O)n3cc(Cl)ccc3n2)c1. The summed E-state index contributed by atoms with van der Waals surface area (Å²) in [7, 11) is -3.16. The quantitative estimate of drug-likeness (QED) is 0.680. The van der Waals surface area contributed by atoms with Gasteiger partial charge in [0, 0.05) is 18.0 Å². The molecule has 142 valence electrons. The highest BCUT2D eigenvalue weighted by atomic mass is 35.5. The normalized spacial score (nSPS) is 11.9. The molecule has 0 unspecified atom stereocenters. The molecule has 0 aliphatic carbocycles. The van der Waals surface area contributed by atoms with Gasteiger partial charge in [-0.2, -0.15) is 0 Å². The number of fused-ring (bicyclic) bond motifs is 1. The average molecular weight is 406 g/mol. The van der Waals surface area contributed by atoms with Crippen molar-refractivity contribution in [3.8, 4) is 0 Å². The van der Waals surface area contributed by atoms with Crippen LogP contribution in [0.3, 0.4) is 0 Å². The first-order valence-corrected chi connectivity index (χ1v) is 10.6. The molecule has 3 aromatic rings. The zero-order valence-electron chi connectivity index (χ0n) is 15.0. The van der Waals surface area contributed by atoms with Gasteiger partial charge in [-0.25, -0.2) is 13.4 Å². The second-order valence-corrected chi connectivity index (χ2v) is 9.56. The Hall–Kier alpha value is -2.38. The van der Waals surface area contributed by atoms with E-state index in [1.165, 1.54) is 16.7 Å². The number of sulfone groups is 1. The van der Waals surface area contributed by atoms with Crippen LogP contribution in [0.1, 0.15) is 25.1 Å². The molecule has 0 aliphatic heterocycles. The number of nitrogens with one attached hydrogen (secondary N) is 1. The number of halogens is 1. The highest BCUT2D eigenvalue weighted by Gasteiger charge is 2.16. The molecule has 2 heterocycles. The van der Waals surface area contributed by atoms with Crippen molar-refractivity contribution in [3.63, 3.8) is 0 Å². The van der Waals surface area contributed by atoms with E-state index in [2.05, 4.69) is 10.3 Å². The summed E-state index contributed by atoms with van der Waals surface area (Å²) in [5.74, 6) is -0.00345. The number of nitrogens with zero attached hydrogens (tertiary/aromatic N) is 2. The van der Waals surface area contributed by atoms with Crippen LogP contribution in [0.25, 0.3) is 5.65 Å². The Kier molecular flexibility index (Phi) is 5.53. The third-order valence-corrected chi connectivity index (χ3v) is 6.56. The van der Waals surface area contributed by atoms with Gasteiger partial charge in [0.15, 0.2) is 9.84 Å². The van der Waals surface area contributed by atoms with Crippen molar-refractivity contribution >= 4 is 32.8 Å². The maximum Gasteiger partial charge on any atom is 0.258 e. The molecule has 0 amide bonds. The highest BCUT2D eigenvalue weighted by Crippen LogP contribution is 2.16. The van der Waals surface area contributed by atoms with Gasteiger partial charge in [-0.15, -0.1) is 0 Å². The van der Waals surface area contributed by atoms with Gasteiger partial charge in [-0.3, -0.25) is 9.20 Å². The van der Waals surface area contributed by atoms with E-state index in [9.17, 15) is 13.2 Å². The van der Waals surface area contributed by atoms with Gasteiger partial charge in [-0.1, -0.05) is 23.7 Å². The lowest BCUT2D eigenvalue weighted by Crippen LogP contribution is -2.17. The first-order chi connectivity index (χ1) is 12.7. The van der Waals surface area contributed by atoms with E-state index in [1.54, 1.807) is 44.2 Å². The monoisotopic (exact) mass is 405 g/mol. The minimum absolute atomic E-state index is 0.00345. The molecular formula is C19H20ClN3O3S. The molecule has 2 aromatic heterocycles. The van der Waals surface area contributed by atoms with E-state index in [0.717, 1.165) is 11.3 Å². The van der Waals surface area contributed by atoms with Gasteiger partial charge in [0.05, 0.1) is 28.3 Å². The number of hydrogen-bond donors (Lipinski definition) is 1. The van der Waals surface area contributed by atoms with Crippen LogP contribution in [0.15, 0.2) is 53.5 Å². The minimum Gasteiger partial charge on any atom is -0.379 e. The number of rotatable bonds is 6. The Balaban J connectivity index is 1.77. The van der Waals surface area contributed by atoms with Gasteiger partial charge in [0.2, 0.25) is 0 Å². The van der Waals surface area contributed by atoms with Crippen molar-refractivity contribution in [1.29, 1.82) is 0 Å². The smallest absolute Gasteiger partial charge is 0.258 e. The fourth-order valence-corrected chi connectivity index (χ4v) is 3.72. The summed E-state index contributed by atoms with van der Waals surface area (Å²) < 4.78 is 25.6. The van der Waals surface area contributed by atoms with E-state index in [1.807, 2.05) is 6.07 Å². The van der Waals surface area contributed by atoms with E-state index < -0.39 is 15.1 Å². The summed E-state index contributed by atoms with van der Waals surface area (Å²) >= 11 is 5.91. The molecular weight excluding hydrogens is 386 g/mol. The number of hydrogen-bond acceptors (Lipinski definition) is 5.